The fourth-order valence-electron chi connectivity index (χ4n) is 3.55. The minimum Gasteiger partial charge on any atom is -0.379 e. The van der Waals surface area contributed by atoms with Crippen LogP contribution in [-0.4, -0.2) is 74.4 Å². The van der Waals surface area contributed by atoms with Gasteiger partial charge in [0.25, 0.3) is 0 Å². The van der Waals surface area contributed by atoms with Crippen LogP contribution in [0.5, 0.6) is 0 Å². The monoisotopic (exact) mass is 239 g/mol. The Labute approximate surface area is 104 Å². The fraction of sp³-hybridized carbons (Fsp3) is 1.00. The van der Waals surface area contributed by atoms with Crippen molar-refractivity contribution < 1.29 is 4.74 Å². The van der Waals surface area contributed by atoms with Gasteiger partial charge in [0.2, 0.25) is 0 Å². The molecule has 98 valence electrons. The molecule has 1 saturated carbocycles. The molecular weight excluding hydrogens is 214 g/mol. The Morgan fingerprint density at radius 3 is 2.82 bits per heavy atom. The van der Waals surface area contributed by atoms with Crippen LogP contribution in [0.1, 0.15) is 19.3 Å². The number of ether oxygens (including phenoxy) is 1. The number of piperazine rings is 1. The van der Waals surface area contributed by atoms with Gasteiger partial charge in [0.05, 0.1) is 13.2 Å². The van der Waals surface area contributed by atoms with Gasteiger partial charge in [-0.1, -0.05) is 6.42 Å². The molecule has 3 fully saturated rings. The summed E-state index contributed by atoms with van der Waals surface area (Å²) in [4.78, 5) is 5.28. The summed E-state index contributed by atoms with van der Waals surface area (Å²) in [5, 5.41) is 3.67. The second-order valence-corrected chi connectivity index (χ2v) is 5.55. The number of nitrogens with one attached hydrogen (secondary N) is 1. The lowest BCUT2D eigenvalue weighted by Crippen LogP contribution is -2.56. The van der Waals surface area contributed by atoms with Gasteiger partial charge in [-0.2, -0.15) is 0 Å². The van der Waals surface area contributed by atoms with E-state index in [-0.39, 0.29) is 0 Å². The Hall–Kier alpha value is -0.160. The van der Waals surface area contributed by atoms with Crippen molar-refractivity contribution in [3.63, 3.8) is 0 Å². The van der Waals surface area contributed by atoms with Crippen molar-refractivity contribution in [2.45, 2.75) is 31.3 Å². The van der Waals surface area contributed by atoms with E-state index in [1.54, 1.807) is 0 Å². The maximum Gasteiger partial charge on any atom is 0.0594 e. The highest BCUT2D eigenvalue weighted by Gasteiger charge is 2.34. The summed E-state index contributed by atoms with van der Waals surface area (Å²) < 4.78 is 5.40. The first-order chi connectivity index (χ1) is 8.43. The molecule has 0 aromatic carbocycles. The Balaban J connectivity index is 1.47. The number of rotatable bonds is 3. The molecule has 0 aromatic heterocycles. The average molecular weight is 239 g/mol. The first-order valence-corrected chi connectivity index (χ1v) is 7.21. The minimum absolute atomic E-state index is 0.786. The van der Waals surface area contributed by atoms with Crippen molar-refractivity contribution in [1.82, 2.24) is 15.1 Å². The van der Waals surface area contributed by atoms with E-state index in [1.807, 2.05) is 0 Å². The fourth-order valence-corrected chi connectivity index (χ4v) is 3.55. The third kappa shape index (κ3) is 2.81. The molecule has 0 aromatic rings. The minimum atomic E-state index is 0.786. The molecule has 3 rings (SSSR count). The molecule has 1 aliphatic carbocycles. The molecule has 2 saturated heterocycles. The van der Waals surface area contributed by atoms with Crippen LogP contribution in [0.25, 0.3) is 0 Å². The quantitative estimate of drug-likeness (QED) is 0.758. The first-order valence-electron chi connectivity index (χ1n) is 7.21. The maximum atomic E-state index is 5.40. The van der Waals surface area contributed by atoms with Crippen LogP contribution in [0.2, 0.25) is 0 Å². The van der Waals surface area contributed by atoms with E-state index < -0.39 is 0 Å². The van der Waals surface area contributed by atoms with Crippen molar-refractivity contribution in [2.24, 2.45) is 0 Å². The molecule has 1 N–H and O–H groups in total. The molecule has 0 unspecified atom stereocenters. The van der Waals surface area contributed by atoms with Gasteiger partial charge in [-0.25, -0.2) is 0 Å². The van der Waals surface area contributed by atoms with Crippen LogP contribution < -0.4 is 5.32 Å². The number of fused-ring (bicyclic) bond motifs is 1. The van der Waals surface area contributed by atoms with Gasteiger partial charge in [0.15, 0.2) is 0 Å². The van der Waals surface area contributed by atoms with Crippen LogP contribution in [0.3, 0.4) is 0 Å². The van der Waals surface area contributed by atoms with E-state index in [0.717, 1.165) is 38.4 Å². The van der Waals surface area contributed by atoms with Crippen LogP contribution in [0.4, 0.5) is 0 Å². The third-order valence-electron chi connectivity index (χ3n) is 4.56. The lowest BCUT2D eigenvalue weighted by Gasteiger charge is -2.39. The topological polar surface area (TPSA) is 27.7 Å². The second kappa shape index (κ2) is 5.65. The maximum absolute atomic E-state index is 5.40. The summed E-state index contributed by atoms with van der Waals surface area (Å²) in [6.07, 6.45) is 4.20. The molecule has 2 atom stereocenters. The molecule has 0 spiro atoms. The number of hydrogen-bond acceptors (Lipinski definition) is 4. The van der Waals surface area contributed by atoms with Crippen molar-refractivity contribution in [3.8, 4) is 0 Å². The Morgan fingerprint density at radius 2 is 1.94 bits per heavy atom. The first kappa shape index (κ1) is 11.9. The number of nitrogens with zero attached hydrogens (tertiary/aromatic N) is 2. The summed E-state index contributed by atoms with van der Waals surface area (Å²) in [6.45, 7) is 9.01. The highest BCUT2D eigenvalue weighted by atomic mass is 16.5. The predicted octanol–water partition coefficient (Wildman–Crippen LogP) is 0.145. The predicted molar refractivity (Wildman–Crippen MR) is 68.3 cm³/mol. The number of morpholine rings is 1. The lowest BCUT2D eigenvalue weighted by molar-refractivity contribution is 0.0278. The van der Waals surface area contributed by atoms with Crippen molar-refractivity contribution >= 4 is 0 Å². The van der Waals surface area contributed by atoms with E-state index in [9.17, 15) is 0 Å². The highest BCUT2D eigenvalue weighted by Crippen LogP contribution is 2.26. The van der Waals surface area contributed by atoms with E-state index in [4.69, 9.17) is 4.74 Å². The van der Waals surface area contributed by atoms with E-state index in [1.165, 1.54) is 45.4 Å². The third-order valence-corrected chi connectivity index (χ3v) is 4.56. The molecule has 2 aliphatic heterocycles. The van der Waals surface area contributed by atoms with Crippen LogP contribution in [0, 0.1) is 0 Å². The summed E-state index contributed by atoms with van der Waals surface area (Å²) in [6, 6.07) is 1.61. The van der Waals surface area contributed by atoms with Gasteiger partial charge in [-0.3, -0.25) is 9.80 Å². The van der Waals surface area contributed by atoms with Gasteiger partial charge in [0, 0.05) is 51.4 Å². The summed E-state index contributed by atoms with van der Waals surface area (Å²) in [7, 11) is 0. The number of hydrogen-bond donors (Lipinski definition) is 1. The molecule has 0 bridgehead atoms. The second-order valence-electron chi connectivity index (χ2n) is 5.55. The van der Waals surface area contributed by atoms with Crippen LogP contribution in [-0.2, 0) is 4.74 Å². The Morgan fingerprint density at radius 1 is 1.06 bits per heavy atom. The van der Waals surface area contributed by atoms with E-state index in [0.29, 0.717) is 0 Å². The molecule has 3 aliphatic rings. The Bertz CT molecular complexity index is 243. The average Bonchev–Trinajstić information content (AvgIpc) is 2.86. The van der Waals surface area contributed by atoms with Gasteiger partial charge >= 0.3 is 0 Å². The summed E-state index contributed by atoms with van der Waals surface area (Å²) in [5.41, 5.74) is 0. The summed E-state index contributed by atoms with van der Waals surface area (Å²) in [5.74, 6) is 0. The molecule has 0 radical (unpaired) electrons. The zero-order valence-electron chi connectivity index (χ0n) is 10.7. The van der Waals surface area contributed by atoms with Crippen molar-refractivity contribution in [1.29, 1.82) is 0 Å². The molecule has 17 heavy (non-hydrogen) atoms. The molecule has 4 nitrogen and oxygen atoms in total. The van der Waals surface area contributed by atoms with E-state index >= 15 is 0 Å². The SMILES string of the molecule is C1C[C@H]2NCCN(CCN3CCOCC3)[C@H]2C1. The van der Waals surface area contributed by atoms with E-state index in [2.05, 4.69) is 15.1 Å². The van der Waals surface area contributed by atoms with Crippen molar-refractivity contribution in [2.75, 3.05) is 52.5 Å². The largest absolute Gasteiger partial charge is 0.379 e. The molecule has 2 heterocycles. The van der Waals surface area contributed by atoms with Crippen molar-refractivity contribution in [3.05, 3.63) is 0 Å². The van der Waals surface area contributed by atoms with Gasteiger partial charge in [-0.15, -0.1) is 0 Å². The zero-order chi connectivity index (χ0) is 11.5. The smallest absolute Gasteiger partial charge is 0.0594 e. The van der Waals surface area contributed by atoms with Gasteiger partial charge in [-0.05, 0) is 12.8 Å². The molecule has 4 heteroatoms. The van der Waals surface area contributed by atoms with Crippen LogP contribution in [0.15, 0.2) is 0 Å². The van der Waals surface area contributed by atoms with Crippen LogP contribution >= 0.6 is 0 Å². The normalized spacial score (nSPS) is 36.0. The summed E-state index contributed by atoms with van der Waals surface area (Å²) >= 11 is 0. The van der Waals surface area contributed by atoms with Gasteiger partial charge < -0.3 is 10.1 Å². The highest BCUT2D eigenvalue weighted by molar-refractivity contribution is 4.94. The lowest BCUT2D eigenvalue weighted by atomic mass is 10.1. The zero-order valence-corrected chi connectivity index (χ0v) is 10.7. The van der Waals surface area contributed by atoms with Gasteiger partial charge in [0.1, 0.15) is 0 Å². The standard InChI is InChI=1S/C13H25N3O/c1-2-12-13(3-1)16(5-4-14-12)7-6-15-8-10-17-11-9-15/h12-14H,1-11H2/t12-,13+/m1/s1. The molecular formula is C13H25N3O. The molecule has 0 amide bonds. The Kier molecular flexibility index (Phi) is 3.96.